The molecule has 0 bridgehead atoms. The van der Waals surface area contributed by atoms with Gasteiger partial charge in [0.1, 0.15) is 0 Å². The predicted octanol–water partition coefficient (Wildman–Crippen LogP) is 1.57. The molecule has 0 aromatic carbocycles. The highest BCUT2D eigenvalue weighted by Gasteiger charge is 2.29. The molecule has 1 saturated heterocycles. The molecule has 0 radical (unpaired) electrons. The second-order valence-electron chi connectivity index (χ2n) is 4.47. The molecule has 1 aliphatic heterocycles. The summed E-state index contributed by atoms with van der Waals surface area (Å²) in [4.78, 5) is 1.91. The maximum atomic E-state index is 12.3. The molecule has 2 unspecified atom stereocenters. The topological polar surface area (TPSA) is 15.3 Å². The van der Waals surface area contributed by atoms with Gasteiger partial charge in [0.2, 0.25) is 0 Å². The monoisotopic (exact) mass is 206 g/mol. The fraction of sp³-hybridized carbons (Fsp3) is 1.00. The molecule has 0 aliphatic carbocycles. The molecule has 0 amide bonds. The molecule has 84 valence electrons. The first-order valence-electron chi connectivity index (χ1n) is 5.26. The number of halogens is 2. The number of hydrogen-bond acceptors (Lipinski definition) is 2. The summed E-state index contributed by atoms with van der Waals surface area (Å²) in [5.41, 5.74) is 0. The van der Waals surface area contributed by atoms with Crippen molar-refractivity contribution >= 4 is 0 Å². The minimum absolute atomic E-state index is 0.0884. The van der Waals surface area contributed by atoms with Crippen molar-refractivity contribution in [3.8, 4) is 0 Å². The molecular weight excluding hydrogens is 186 g/mol. The zero-order chi connectivity index (χ0) is 10.7. The smallest absolute Gasteiger partial charge is 0.251 e. The van der Waals surface area contributed by atoms with Gasteiger partial charge in [-0.3, -0.25) is 4.90 Å². The van der Waals surface area contributed by atoms with Gasteiger partial charge in [0.05, 0.1) is 6.54 Å². The van der Waals surface area contributed by atoms with Crippen LogP contribution in [0.5, 0.6) is 0 Å². The quantitative estimate of drug-likeness (QED) is 0.754. The van der Waals surface area contributed by atoms with E-state index in [1.54, 1.807) is 0 Å². The van der Waals surface area contributed by atoms with E-state index in [2.05, 4.69) is 19.2 Å². The van der Waals surface area contributed by atoms with Gasteiger partial charge in [0, 0.05) is 25.2 Å². The Kier molecular flexibility index (Phi) is 4.26. The number of alkyl halides is 2. The van der Waals surface area contributed by atoms with Crippen LogP contribution in [0.15, 0.2) is 0 Å². The van der Waals surface area contributed by atoms with E-state index in [1.807, 2.05) is 11.8 Å². The highest BCUT2D eigenvalue weighted by atomic mass is 19.3. The van der Waals surface area contributed by atoms with Crippen LogP contribution in [-0.2, 0) is 0 Å². The summed E-state index contributed by atoms with van der Waals surface area (Å²) in [7, 11) is 0. The van der Waals surface area contributed by atoms with Gasteiger partial charge in [0.25, 0.3) is 6.43 Å². The zero-order valence-electron chi connectivity index (χ0n) is 9.13. The molecule has 1 N–H and O–H groups in total. The van der Waals surface area contributed by atoms with Crippen LogP contribution >= 0.6 is 0 Å². The van der Waals surface area contributed by atoms with Gasteiger partial charge < -0.3 is 5.32 Å². The highest BCUT2D eigenvalue weighted by molar-refractivity contribution is 4.86. The van der Waals surface area contributed by atoms with Gasteiger partial charge in [-0.25, -0.2) is 8.78 Å². The molecule has 1 aliphatic rings. The van der Waals surface area contributed by atoms with Crippen molar-refractivity contribution in [3.05, 3.63) is 0 Å². The Bertz CT molecular complexity index is 172. The predicted molar refractivity (Wildman–Crippen MR) is 53.7 cm³/mol. The zero-order valence-corrected chi connectivity index (χ0v) is 9.13. The lowest BCUT2D eigenvalue weighted by molar-refractivity contribution is 0.0307. The van der Waals surface area contributed by atoms with E-state index in [0.29, 0.717) is 12.0 Å². The molecule has 0 spiro atoms. The van der Waals surface area contributed by atoms with Crippen molar-refractivity contribution < 1.29 is 8.78 Å². The van der Waals surface area contributed by atoms with Crippen LogP contribution in [0.4, 0.5) is 8.78 Å². The Balaban J connectivity index is 2.54. The second-order valence-corrected chi connectivity index (χ2v) is 4.47. The van der Waals surface area contributed by atoms with Crippen molar-refractivity contribution in [2.24, 2.45) is 5.92 Å². The first kappa shape index (κ1) is 11.9. The average Bonchev–Trinajstić information content (AvgIpc) is 2.01. The molecule has 0 saturated carbocycles. The summed E-state index contributed by atoms with van der Waals surface area (Å²) in [5.74, 6) is 0.425. The lowest BCUT2D eigenvalue weighted by Gasteiger charge is -2.41. The van der Waals surface area contributed by atoms with Crippen molar-refractivity contribution in [1.82, 2.24) is 10.2 Å². The van der Waals surface area contributed by atoms with E-state index in [-0.39, 0.29) is 12.6 Å². The molecular formula is C10H20F2N2. The summed E-state index contributed by atoms with van der Waals surface area (Å²) >= 11 is 0. The van der Waals surface area contributed by atoms with Crippen LogP contribution in [0.25, 0.3) is 0 Å². The standard InChI is InChI=1S/C10H20F2N2/c1-7(2)9-4-13-8(3)5-14(9)6-10(11)12/h7-10,13H,4-6H2,1-3H3. The first-order chi connectivity index (χ1) is 6.50. The van der Waals surface area contributed by atoms with Crippen LogP contribution in [0.1, 0.15) is 20.8 Å². The fourth-order valence-electron chi connectivity index (χ4n) is 2.05. The van der Waals surface area contributed by atoms with Gasteiger partial charge in [-0.2, -0.15) is 0 Å². The Morgan fingerprint density at radius 1 is 1.43 bits per heavy atom. The lowest BCUT2D eigenvalue weighted by Crippen LogP contribution is -2.58. The van der Waals surface area contributed by atoms with Crippen LogP contribution < -0.4 is 5.32 Å². The minimum Gasteiger partial charge on any atom is -0.311 e. The van der Waals surface area contributed by atoms with E-state index >= 15 is 0 Å². The maximum absolute atomic E-state index is 12.3. The average molecular weight is 206 g/mol. The van der Waals surface area contributed by atoms with Gasteiger partial charge in [0.15, 0.2) is 0 Å². The van der Waals surface area contributed by atoms with E-state index in [4.69, 9.17) is 0 Å². The van der Waals surface area contributed by atoms with Gasteiger partial charge in [-0.15, -0.1) is 0 Å². The highest BCUT2D eigenvalue weighted by Crippen LogP contribution is 2.16. The third kappa shape index (κ3) is 3.17. The second kappa shape index (κ2) is 5.03. The van der Waals surface area contributed by atoms with Gasteiger partial charge in [-0.1, -0.05) is 13.8 Å². The molecule has 14 heavy (non-hydrogen) atoms. The number of nitrogens with one attached hydrogen (secondary N) is 1. The van der Waals surface area contributed by atoms with E-state index in [9.17, 15) is 8.78 Å². The van der Waals surface area contributed by atoms with Gasteiger partial charge >= 0.3 is 0 Å². The van der Waals surface area contributed by atoms with E-state index in [1.165, 1.54) is 0 Å². The molecule has 0 aromatic rings. The third-order valence-electron chi connectivity index (χ3n) is 2.79. The van der Waals surface area contributed by atoms with Crippen LogP contribution in [0.2, 0.25) is 0 Å². The molecule has 1 rings (SSSR count). The van der Waals surface area contributed by atoms with E-state index < -0.39 is 6.43 Å². The molecule has 2 atom stereocenters. The molecule has 4 heteroatoms. The largest absolute Gasteiger partial charge is 0.311 e. The van der Waals surface area contributed by atoms with Crippen molar-refractivity contribution in [2.75, 3.05) is 19.6 Å². The number of rotatable bonds is 3. The molecule has 1 heterocycles. The number of hydrogen-bond donors (Lipinski definition) is 1. The van der Waals surface area contributed by atoms with Crippen molar-refractivity contribution in [1.29, 1.82) is 0 Å². The van der Waals surface area contributed by atoms with Crippen LogP contribution in [0, 0.1) is 5.92 Å². The summed E-state index contributed by atoms with van der Waals surface area (Å²) < 4.78 is 24.6. The molecule has 1 fully saturated rings. The summed E-state index contributed by atoms with van der Waals surface area (Å²) in [6.07, 6.45) is -2.22. The Morgan fingerprint density at radius 3 is 2.57 bits per heavy atom. The summed E-state index contributed by atoms with van der Waals surface area (Å²) in [6, 6.07) is 0.573. The fourth-order valence-corrected chi connectivity index (χ4v) is 2.05. The van der Waals surface area contributed by atoms with Gasteiger partial charge in [-0.05, 0) is 12.8 Å². The minimum atomic E-state index is -2.22. The third-order valence-corrected chi connectivity index (χ3v) is 2.79. The Labute approximate surface area is 84.7 Å². The van der Waals surface area contributed by atoms with Crippen molar-refractivity contribution in [2.45, 2.75) is 39.3 Å². The Morgan fingerprint density at radius 2 is 2.07 bits per heavy atom. The first-order valence-corrected chi connectivity index (χ1v) is 5.26. The normalized spacial score (nSPS) is 30.2. The number of nitrogens with zero attached hydrogens (tertiary/aromatic N) is 1. The lowest BCUT2D eigenvalue weighted by atomic mass is 9.99. The maximum Gasteiger partial charge on any atom is 0.251 e. The Hall–Kier alpha value is -0.220. The SMILES string of the molecule is CC1CN(CC(F)F)C(C(C)C)CN1. The van der Waals surface area contributed by atoms with Crippen LogP contribution in [-0.4, -0.2) is 43.0 Å². The number of piperazine rings is 1. The van der Waals surface area contributed by atoms with Crippen molar-refractivity contribution in [3.63, 3.8) is 0 Å². The summed E-state index contributed by atoms with van der Waals surface area (Å²) in [6.45, 7) is 7.67. The molecule has 2 nitrogen and oxygen atoms in total. The van der Waals surface area contributed by atoms with E-state index in [0.717, 1.165) is 13.1 Å². The van der Waals surface area contributed by atoms with Crippen LogP contribution in [0.3, 0.4) is 0 Å². The molecule has 0 aromatic heterocycles. The summed E-state index contributed by atoms with van der Waals surface area (Å²) in [5, 5.41) is 3.33.